The molecular weight excluding hydrogens is 541 g/mol. The molecule has 0 radical (unpaired) electrons. The highest BCUT2D eigenvalue weighted by Crippen LogP contribution is 2.32. The molecule has 0 saturated heterocycles. The van der Waals surface area contributed by atoms with Crippen LogP contribution in [-0.2, 0) is 6.54 Å². The number of rotatable bonds is 10. The standard InChI is InChI=1S/C34H40N5PS/c1-5-7-12-27(32-13-14-33(40)41-32)28-17-31(37-23(28)4)34-29(30(6-2)38-39-34)15-22(3)26-16-25(20-36-21-26)19-35-18-24-10-8-9-11-24/h5-7,12-17,20-21,24,35,37-38H,3,8-11,18-19,40H2,1-2,4H3/b7-5-,27-12+,29-15+,30-6+. The summed E-state index contributed by atoms with van der Waals surface area (Å²) < 4.78 is 1.22. The molecule has 5 nitrogen and oxygen atoms in total. The van der Waals surface area contributed by atoms with Crippen molar-refractivity contribution in [1.82, 2.24) is 25.5 Å². The quantitative estimate of drug-likeness (QED) is 0.153. The first-order chi connectivity index (χ1) is 20.0. The SMILES string of the molecule is C=C(/C=c1/c(-c2cc(/C(=C\C=C/C)c3ccc(P)s3)c(C)[nH]2)n[nH]/c1=C/C)c1cncc(CNCC2CCCC2)c1. The van der Waals surface area contributed by atoms with Gasteiger partial charge in [0.2, 0.25) is 0 Å². The zero-order valence-corrected chi connectivity index (χ0v) is 26.2. The van der Waals surface area contributed by atoms with Crippen LogP contribution in [0.1, 0.15) is 66.8 Å². The Morgan fingerprint density at radius 3 is 2.76 bits per heavy atom. The van der Waals surface area contributed by atoms with Gasteiger partial charge in [-0.3, -0.25) is 10.1 Å². The van der Waals surface area contributed by atoms with E-state index in [9.17, 15) is 0 Å². The van der Waals surface area contributed by atoms with E-state index in [4.69, 9.17) is 5.10 Å². The van der Waals surface area contributed by atoms with Crippen molar-refractivity contribution < 1.29 is 0 Å². The minimum atomic E-state index is 0.818. The number of hydrogen-bond acceptors (Lipinski definition) is 4. The molecule has 4 heterocycles. The van der Waals surface area contributed by atoms with Gasteiger partial charge in [-0.1, -0.05) is 53.0 Å². The summed E-state index contributed by atoms with van der Waals surface area (Å²) in [6, 6.07) is 8.73. The monoisotopic (exact) mass is 581 g/mol. The Labute approximate surface area is 249 Å². The molecule has 0 bridgehead atoms. The summed E-state index contributed by atoms with van der Waals surface area (Å²) in [6.07, 6.45) is 19.8. The molecule has 1 aliphatic carbocycles. The number of thiophene rings is 1. The maximum atomic E-state index is 4.73. The number of hydrogen-bond donors (Lipinski definition) is 3. The van der Waals surface area contributed by atoms with Crippen LogP contribution >= 0.6 is 20.6 Å². The molecule has 5 rings (SSSR count). The van der Waals surface area contributed by atoms with Gasteiger partial charge in [-0.2, -0.15) is 5.10 Å². The average molecular weight is 582 g/mol. The lowest BCUT2D eigenvalue weighted by Gasteiger charge is -2.11. The fourth-order valence-corrected chi connectivity index (χ4v) is 6.84. The molecular formula is C34H40N5PS. The highest BCUT2D eigenvalue weighted by Gasteiger charge is 2.17. The Morgan fingerprint density at radius 2 is 2.02 bits per heavy atom. The van der Waals surface area contributed by atoms with Crippen LogP contribution < -0.4 is 20.5 Å². The molecule has 4 aromatic heterocycles. The number of nitrogens with one attached hydrogen (secondary N) is 3. The van der Waals surface area contributed by atoms with Crippen molar-refractivity contribution in [2.24, 2.45) is 5.92 Å². The Kier molecular flexibility index (Phi) is 9.66. The van der Waals surface area contributed by atoms with Gasteiger partial charge in [0.1, 0.15) is 5.69 Å². The molecule has 7 heteroatoms. The summed E-state index contributed by atoms with van der Waals surface area (Å²) >= 11 is 1.78. The van der Waals surface area contributed by atoms with E-state index in [-0.39, 0.29) is 0 Å². The van der Waals surface area contributed by atoms with E-state index in [0.29, 0.717) is 0 Å². The van der Waals surface area contributed by atoms with Gasteiger partial charge in [-0.05, 0) is 93.1 Å². The molecule has 0 spiro atoms. The van der Waals surface area contributed by atoms with E-state index in [2.05, 4.69) is 97.8 Å². The van der Waals surface area contributed by atoms with Gasteiger partial charge in [0.25, 0.3) is 0 Å². The topological polar surface area (TPSA) is 69.4 Å². The number of nitrogens with zero attached hydrogens (tertiary/aromatic N) is 2. The number of aromatic amines is 2. The fourth-order valence-electron chi connectivity index (χ4n) is 5.55. The lowest BCUT2D eigenvalue weighted by molar-refractivity contribution is 0.489. The number of H-pyrrole nitrogens is 2. The molecule has 1 aliphatic rings. The molecule has 1 unspecified atom stereocenters. The third-order valence-corrected chi connectivity index (χ3v) is 9.24. The molecule has 1 atom stereocenters. The van der Waals surface area contributed by atoms with Gasteiger partial charge >= 0.3 is 0 Å². The van der Waals surface area contributed by atoms with Crippen LogP contribution in [0.15, 0.2) is 61.5 Å². The van der Waals surface area contributed by atoms with Gasteiger partial charge in [0, 0.05) is 50.5 Å². The van der Waals surface area contributed by atoms with Crippen LogP contribution in [0.4, 0.5) is 0 Å². The zero-order valence-electron chi connectivity index (χ0n) is 24.3. The van der Waals surface area contributed by atoms with Crippen molar-refractivity contribution in [3.63, 3.8) is 0 Å². The summed E-state index contributed by atoms with van der Waals surface area (Å²) in [7, 11) is 2.80. The van der Waals surface area contributed by atoms with Crippen molar-refractivity contribution in [1.29, 1.82) is 0 Å². The lowest BCUT2D eigenvalue weighted by atomic mass is 10.0. The Bertz CT molecular complexity index is 1690. The molecule has 0 aliphatic heterocycles. The van der Waals surface area contributed by atoms with Gasteiger partial charge in [-0.25, -0.2) is 0 Å². The summed E-state index contributed by atoms with van der Waals surface area (Å²) in [5, 5.41) is 13.6. The average Bonchev–Trinajstić information content (AvgIpc) is 3.78. The second-order valence-corrected chi connectivity index (χ2v) is 12.9. The van der Waals surface area contributed by atoms with Crippen LogP contribution in [0.25, 0.3) is 34.7 Å². The van der Waals surface area contributed by atoms with Gasteiger partial charge in [0.15, 0.2) is 0 Å². The summed E-state index contributed by atoms with van der Waals surface area (Å²) in [5.74, 6) is 0.818. The van der Waals surface area contributed by atoms with Gasteiger partial charge in [0.05, 0.1) is 11.0 Å². The Balaban J connectivity index is 1.45. The Hall–Kier alpha value is -3.31. The van der Waals surface area contributed by atoms with Crippen LogP contribution in [-0.4, -0.2) is 26.7 Å². The van der Waals surface area contributed by atoms with E-state index in [1.807, 2.05) is 26.2 Å². The smallest absolute Gasteiger partial charge is 0.116 e. The predicted octanol–water partition coefficient (Wildman–Crippen LogP) is 6.25. The van der Waals surface area contributed by atoms with E-state index in [1.54, 1.807) is 11.3 Å². The molecule has 3 N–H and O–H groups in total. The first kappa shape index (κ1) is 29.2. The number of allylic oxidation sites excluding steroid dienone is 4. The minimum absolute atomic E-state index is 0.818. The summed E-state index contributed by atoms with van der Waals surface area (Å²) in [5.41, 5.74) is 8.41. The van der Waals surface area contributed by atoms with Crippen LogP contribution in [0.2, 0.25) is 0 Å². The van der Waals surface area contributed by atoms with Crippen LogP contribution in [0.3, 0.4) is 0 Å². The van der Waals surface area contributed by atoms with Crippen molar-refractivity contribution in [3.8, 4) is 11.4 Å². The van der Waals surface area contributed by atoms with Crippen molar-refractivity contribution in [2.45, 2.75) is 53.0 Å². The maximum absolute atomic E-state index is 4.73. The molecule has 4 aromatic rings. The summed E-state index contributed by atoms with van der Waals surface area (Å²) in [4.78, 5) is 9.37. The first-order valence-corrected chi connectivity index (χ1v) is 15.8. The highest BCUT2D eigenvalue weighted by atomic mass is 32.1. The Morgan fingerprint density at radius 1 is 1.20 bits per heavy atom. The number of pyridine rings is 1. The second kappa shape index (κ2) is 13.6. The van der Waals surface area contributed by atoms with E-state index in [0.717, 1.165) is 57.8 Å². The molecule has 0 amide bonds. The van der Waals surface area contributed by atoms with E-state index in [1.165, 1.54) is 51.9 Å². The highest BCUT2D eigenvalue weighted by molar-refractivity contribution is 7.43. The number of aromatic nitrogens is 4. The van der Waals surface area contributed by atoms with Gasteiger partial charge < -0.3 is 10.3 Å². The van der Waals surface area contributed by atoms with Gasteiger partial charge in [-0.15, -0.1) is 11.3 Å². The van der Waals surface area contributed by atoms with E-state index < -0.39 is 0 Å². The van der Waals surface area contributed by atoms with Crippen molar-refractivity contribution in [2.75, 3.05) is 6.54 Å². The zero-order chi connectivity index (χ0) is 28.8. The van der Waals surface area contributed by atoms with Crippen molar-refractivity contribution >= 4 is 48.5 Å². The van der Waals surface area contributed by atoms with Crippen LogP contribution in [0.5, 0.6) is 0 Å². The third-order valence-electron chi connectivity index (χ3n) is 7.75. The molecule has 41 heavy (non-hydrogen) atoms. The largest absolute Gasteiger partial charge is 0.357 e. The third kappa shape index (κ3) is 6.95. The predicted molar refractivity (Wildman–Crippen MR) is 179 cm³/mol. The molecule has 1 fully saturated rings. The normalized spacial score (nSPS) is 15.6. The second-order valence-electron chi connectivity index (χ2n) is 10.8. The maximum Gasteiger partial charge on any atom is 0.116 e. The molecule has 0 aromatic carbocycles. The van der Waals surface area contributed by atoms with E-state index >= 15 is 0 Å². The first-order valence-electron chi connectivity index (χ1n) is 14.4. The number of aryl methyl sites for hydroxylation is 1. The fraction of sp³-hybridized carbons (Fsp3) is 0.294. The van der Waals surface area contributed by atoms with Crippen molar-refractivity contribution in [3.05, 3.63) is 99.3 Å². The lowest BCUT2D eigenvalue weighted by Crippen LogP contribution is -2.23. The summed E-state index contributed by atoms with van der Waals surface area (Å²) in [6.45, 7) is 12.5. The molecule has 212 valence electrons. The molecule has 1 saturated carbocycles. The van der Waals surface area contributed by atoms with Crippen LogP contribution in [0, 0.1) is 12.8 Å². The minimum Gasteiger partial charge on any atom is -0.357 e.